The molecule has 0 saturated carbocycles. The predicted molar refractivity (Wildman–Crippen MR) is 218 cm³/mol. The minimum atomic E-state index is -3.15. The Morgan fingerprint density at radius 3 is 1.37 bits per heavy atom. The molecule has 1 aliphatic rings. The molecule has 0 aliphatic carbocycles. The molecule has 290 valence electrons. The number of rotatable bonds is 36. The number of hydrogen-bond donors (Lipinski definition) is 1. The molecule has 1 amide bonds. The molecule has 2 atom stereocenters. The third-order valence-corrected chi connectivity index (χ3v) is 21.1. The van der Waals surface area contributed by atoms with Crippen molar-refractivity contribution >= 4 is 25.1 Å². The van der Waals surface area contributed by atoms with Crippen LogP contribution in [0.4, 0.5) is 0 Å². The van der Waals surface area contributed by atoms with Crippen molar-refractivity contribution in [1.82, 2.24) is 5.32 Å². The average Bonchev–Trinajstić information content (AvgIpc) is 3.11. The van der Waals surface area contributed by atoms with Gasteiger partial charge >= 0.3 is 217 Å². The topological polar surface area (TPSA) is 47.6 Å². The fourth-order valence-corrected chi connectivity index (χ4v) is 18.4. The van der Waals surface area contributed by atoms with Crippen molar-refractivity contribution in [2.45, 2.75) is 254 Å². The summed E-state index contributed by atoms with van der Waals surface area (Å²) in [6, 6.07) is -0.0505. The van der Waals surface area contributed by atoms with Crippen molar-refractivity contribution in [3.8, 4) is 0 Å². The van der Waals surface area contributed by atoms with E-state index >= 15 is 0 Å². The van der Waals surface area contributed by atoms with Crippen LogP contribution in [0.3, 0.4) is 0 Å². The molecule has 0 spiro atoms. The first-order valence-electron chi connectivity index (χ1n) is 22.4. The monoisotopic (exact) mass is 798 g/mol. The zero-order chi connectivity index (χ0) is 35.5. The molecular weight excluding hydrogens is 709 g/mol. The zero-order valence-electron chi connectivity index (χ0n) is 33.8. The van der Waals surface area contributed by atoms with E-state index in [1.54, 1.807) is 0 Å². The molecule has 0 radical (unpaired) electrons. The second-order valence-electron chi connectivity index (χ2n) is 15.6. The molecule has 5 heteroatoms. The van der Waals surface area contributed by atoms with Gasteiger partial charge in [0.1, 0.15) is 0 Å². The minimum absolute atomic E-state index is 0.0176. The van der Waals surface area contributed by atoms with Gasteiger partial charge in [0.2, 0.25) is 0 Å². The summed E-state index contributed by atoms with van der Waals surface area (Å²) in [5.74, 6) is 0.181. The van der Waals surface area contributed by atoms with E-state index in [-0.39, 0.29) is 18.1 Å². The number of nitrogens with one attached hydrogen (secondary N) is 1. The Morgan fingerprint density at radius 2 is 0.939 bits per heavy atom. The molecule has 1 N–H and O–H groups in total. The minimum Gasteiger partial charge on any atom is -0.0654 e. The second kappa shape index (κ2) is 35.0. The summed E-state index contributed by atoms with van der Waals surface area (Å²) >= 11 is -3.15. The van der Waals surface area contributed by atoms with E-state index in [2.05, 4.69) is 45.2 Å². The van der Waals surface area contributed by atoms with Gasteiger partial charge < -0.3 is 0 Å². The zero-order valence-corrected chi connectivity index (χ0v) is 36.6. The molecule has 0 aromatic carbocycles. The summed E-state index contributed by atoms with van der Waals surface area (Å²) in [6.07, 6.45) is 46.6. The first kappa shape index (κ1) is 46.9. The SMILES string of the molecule is CCCCCCCCCCCCC/C=C/[C@H]1[O][Sn]([CH2]CCC)([CH2]CCC)[O]C[C@@H]1NC(=O)CCCCCCCCCCCCCCCCC. The van der Waals surface area contributed by atoms with E-state index < -0.39 is 19.2 Å². The third-order valence-electron chi connectivity index (χ3n) is 10.7. The quantitative estimate of drug-likeness (QED) is 0.0390. The number of allylic oxidation sites excluding steroid dienone is 1. The van der Waals surface area contributed by atoms with Crippen molar-refractivity contribution in [2.75, 3.05) is 6.61 Å². The fourth-order valence-electron chi connectivity index (χ4n) is 7.37. The summed E-state index contributed by atoms with van der Waals surface area (Å²) in [6.45, 7) is 9.77. The van der Waals surface area contributed by atoms with Crippen LogP contribution in [0, 0.1) is 0 Å². The Balaban J connectivity index is 2.36. The van der Waals surface area contributed by atoms with Crippen LogP contribution in [0.1, 0.15) is 233 Å². The molecule has 4 nitrogen and oxygen atoms in total. The third kappa shape index (κ3) is 27.2. The standard InChI is InChI=1S/C36H69NO3.2C4H9.Sn/c1-3-5-7-9-11-13-15-17-18-20-22-24-26-28-30-32-36(40)37-34(33-38)35(39)31-29-27-25-23-21-19-16-14-12-10-8-6-4-2;2*1-3-4-2;/h29,31,34-35H,3-28,30,32-33H2,1-2H3,(H,37,40);2*1,3-4H2,2H3;/q-2;;;+2/b31-29+;;;/t34-,35+;;;/m0.../s1. The first-order valence-corrected chi connectivity index (χ1v) is 28.7. The molecular formula is C44H87NO3Sn. The van der Waals surface area contributed by atoms with Gasteiger partial charge in [0.25, 0.3) is 0 Å². The summed E-state index contributed by atoms with van der Waals surface area (Å²) in [5.41, 5.74) is 0. The van der Waals surface area contributed by atoms with Crippen LogP contribution in [0.15, 0.2) is 12.2 Å². The van der Waals surface area contributed by atoms with Crippen LogP contribution in [0.2, 0.25) is 8.87 Å². The maximum atomic E-state index is 13.1. The van der Waals surface area contributed by atoms with Gasteiger partial charge in [0, 0.05) is 0 Å². The van der Waals surface area contributed by atoms with Gasteiger partial charge in [-0.15, -0.1) is 0 Å². The van der Waals surface area contributed by atoms with Crippen LogP contribution in [0.5, 0.6) is 0 Å². The maximum absolute atomic E-state index is 13.1. The van der Waals surface area contributed by atoms with Crippen LogP contribution in [-0.4, -0.2) is 43.9 Å². The summed E-state index contributed by atoms with van der Waals surface area (Å²) in [7, 11) is 0. The molecule has 49 heavy (non-hydrogen) atoms. The van der Waals surface area contributed by atoms with Gasteiger partial charge in [0.15, 0.2) is 0 Å². The Morgan fingerprint density at radius 1 is 0.551 bits per heavy atom. The fraction of sp³-hybridized carbons (Fsp3) is 0.932. The van der Waals surface area contributed by atoms with E-state index in [0.29, 0.717) is 13.0 Å². The van der Waals surface area contributed by atoms with Gasteiger partial charge in [0.05, 0.1) is 0 Å². The predicted octanol–water partition coefficient (Wildman–Crippen LogP) is 14.4. The number of amides is 1. The van der Waals surface area contributed by atoms with E-state index in [9.17, 15) is 4.79 Å². The van der Waals surface area contributed by atoms with Crippen LogP contribution >= 0.6 is 0 Å². The molecule has 1 rings (SSSR count). The van der Waals surface area contributed by atoms with Gasteiger partial charge in [-0.1, -0.05) is 97.3 Å². The van der Waals surface area contributed by atoms with Gasteiger partial charge in [-0.25, -0.2) is 0 Å². The number of carbonyl (C=O) groups excluding carboxylic acids is 1. The molecule has 1 heterocycles. The molecule has 1 saturated heterocycles. The van der Waals surface area contributed by atoms with Gasteiger partial charge in [-0.2, -0.15) is 0 Å². The summed E-state index contributed by atoms with van der Waals surface area (Å²) < 4.78 is 16.0. The van der Waals surface area contributed by atoms with E-state index in [4.69, 9.17) is 6.15 Å². The van der Waals surface area contributed by atoms with Gasteiger partial charge in [-0.05, 0) is 0 Å². The summed E-state index contributed by atoms with van der Waals surface area (Å²) in [4.78, 5) is 13.1. The summed E-state index contributed by atoms with van der Waals surface area (Å²) in [5, 5.41) is 3.36. The number of hydrogen-bond acceptors (Lipinski definition) is 3. The van der Waals surface area contributed by atoms with E-state index in [0.717, 1.165) is 21.7 Å². The molecule has 0 aromatic heterocycles. The average molecular weight is 797 g/mol. The van der Waals surface area contributed by atoms with Crippen molar-refractivity contribution < 1.29 is 10.9 Å². The molecule has 0 unspecified atom stereocenters. The smallest absolute Gasteiger partial charge is 0.0654 e. The van der Waals surface area contributed by atoms with Crippen molar-refractivity contribution in [1.29, 1.82) is 0 Å². The van der Waals surface area contributed by atoms with Crippen molar-refractivity contribution in [3.63, 3.8) is 0 Å². The van der Waals surface area contributed by atoms with E-state index in [1.165, 1.54) is 186 Å². The Hall–Kier alpha value is -0.0713. The normalized spacial score (nSPS) is 17.6. The second-order valence-corrected chi connectivity index (χ2v) is 25.2. The number of carbonyl (C=O) groups is 1. The molecule has 0 bridgehead atoms. The van der Waals surface area contributed by atoms with E-state index in [1.807, 2.05) is 0 Å². The van der Waals surface area contributed by atoms with Crippen LogP contribution in [-0.2, 0) is 10.9 Å². The molecule has 1 fully saturated rings. The van der Waals surface area contributed by atoms with Crippen LogP contribution in [0.25, 0.3) is 0 Å². The Labute approximate surface area is 312 Å². The van der Waals surface area contributed by atoms with Crippen molar-refractivity contribution in [2.24, 2.45) is 0 Å². The Kier molecular flexibility index (Phi) is 33.5. The van der Waals surface area contributed by atoms with Gasteiger partial charge in [-0.3, -0.25) is 0 Å². The Bertz CT molecular complexity index is 736. The number of unbranched alkanes of at least 4 members (excludes halogenated alkanes) is 27. The van der Waals surface area contributed by atoms with Crippen molar-refractivity contribution in [3.05, 3.63) is 12.2 Å². The van der Waals surface area contributed by atoms with Crippen LogP contribution < -0.4 is 5.32 Å². The molecule has 1 aliphatic heterocycles. The first-order chi connectivity index (χ1) is 24.1. The molecule has 0 aromatic rings.